The number of esters is 1. The molecule has 114 valence electrons. The van der Waals surface area contributed by atoms with E-state index in [0.717, 1.165) is 19.2 Å². The first kappa shape index (κ1) is 16.5. The molecule has 0 bridgehead atoms. The minimum atomic E-state index is -1.47. The molecular weight excluding hydrogens is 284 g/mol. The van der Waals surface area contributed by atoms with Gasteiger partial charge in [0, 0.05) is 23.5 Å². The number of aliphatic hydroxyl groups excluding tert-OH is 1. The maximum Gasteiger partial charge on any atom is 0.305 e. The van der Waals surface area contributed by atoms with Crippen molar-refractivity contribution in [3.05, 3.63) is 50.1 Å². The molecule has 0 unspecified atom stereocenters. The van der Waals surface area contributed by atoms with E-state index in [2.05, 4.69) is 4.74 Å². The maximum atomic E-state index is 11.0. The van der Waals surface area contributed by atoms with Gasteiger partial charge in [0.25, 0.3) is 5.69 Å². The highest BCUT2D eigenvalue weighted by Crippen LogP contribution is 2.24. The minimum absolute atomic E-state index is 0.173. The Morgan fingerprint density at radius 3 is 2.29 bits per heavy atom. The first-order valence-corrected chi connectivity index (χ1v) is 5.99. The van der Waals surface area contributed by atoms with Crippen molar-refractivity contribution in [2.24, 2.45) is 0 Å². The maximum absolute atomic E-state index is 11.0. The van der Waals surface area contributed by atoms with Crippen LogP contribution in [0.15, 0.2) is 24.3 Å². The Balaban J connectivity index is 2.84. The lowest BCUT2D eigenvalue weighted by atomic mass is 9.99. The fraction of sp³-hybridized carbons (Fsp3) is 0.417. The number of rotatable bonds is 7. The first-order valence-electron chi connectivity index (χ1n) is 5.99. The van der Waals surface area contributed by atoms with Gasteiger partial charge in [-0.05, 0) is 17.7 Å². The number of methoxy groups -OCH3 is 1. The van der Waals surface area contributed by atoms with E-state index in [1.165, 1.54) is 12.1 Å². The number of ether oxygens (including phenoxy) is 1. The van der Waals surface area contributed by atoms with Crippen molar-refractivity contribution >= 4 is 11.7 Å². The van der Waals surface area contributed by atoms with Crippen molar-refractivity contribution in [3.63, 3.8) is 0 Å². The Hall–Kier alpha value is -2.55. The summed E-state index contributed by atoms with van der Waals surface area (Å²) in [7, 11) is 1.16. The number of carbonyl (C=O) groups excluding carboxylic acids is 1. The quantitative estimate of drug-likeness (QED) is 0.454. The highest BCUT2D eigenvalue weighted by molar-refractivity contribution is 5.69. The number of hydrogen-bond donors (Lipinski definition) is 1. The lowest BCUT2D eigenvalue weighted by Gasteiger charge is -2.15. The number of carbonyl (C=O) groups is 1. The standard InChI is InChI=1S/C12H14N2O7/c1-21-11(15)7-6-10(14(19)20)12(16)8-2-4-9(5-3-8)13(17)18/h2-5,10,12,16H,6-7H2,1H3/t10-,12+/m0/s1. The van der Waals surface area contributed by atoms with Crippen LogP contribution in [-0.4, -0.2) is 34.1 Å². The van der Waals surface area contributed by atoms with E-state index >= 15 is 0 Å². The lowest BCUT2D eigenvalue weighted by Crippen LogP contribution is -2.28. The highest BCUT2D eigenvalue weighted by atomic mass is 16.6. The predicted molar refractivity (Wildman–Crippen MR) is 70.1 cm³/mol. The third kappa shape index (κ3) is 4.49. The summed E-state index contributed by atoms with van der Waals surface area (Å²) in [5.41, 5.74) is -0.00895. The average Bonchev–Trinajstić information content (AvgIpc) is 2.46. The van der Waals surface area contributed by atoms with Gasteiger partial charge in [-0.25, -0.2) is 0 Å². The number of nitro groups is 2. The topological polar surface area (TPSA) is 133 Å². The molecule has 1 rings (SSSR count). The molecule has 1 aromatic carbocycles. The van der Waals surface area contributed by atoms with E-state index in [4.69, 9.17) is 0 Å². The second kappa shape index (κ2) is 7.29. The van der Waals surface area contributed by atoms with Crippen LogP contribution in [0.25, 0.3) is 0 Å². The Morgan fingerprint density at radius 2 is 1.86 bits per heavy atom. The molecule has 0 fully saturated rings. The molecule has 0 saturated carbocycles. The van der Waals surface area contributed by atoms with Crippen molar-refractivity contribution in [2.75, 3.05) is 7.11 Å². The van der Waals surface area contributed by atoms with Gasteiger partial charge in [0.15, 0.2) is 0 Å². The van der Waals surface area contributed by atoms with Crippen molar-refractivity contribution < 1.29 is 24.5 Å². The molecule has 0 spiro atoms. The number of benzene rings is 1. The van der Waals surface area contributed by atoms with Gasteiger partial charge < -0.3 is 9.84 Å². The van der Waals surface area contributed by atoms with Gasteiger partial charge in [0.2, 0.25) is 6.04 Å². The molecule has 0 aliphatic carbocycles. The van der Waals surface area contributed by atoms with Crippen molar-refractivity contribution in [2.45, 2.75) is 25.0 Å². The zero-order valence-electron chi connectivity index (χ0n) is 11.2. The fourth-order valence-corrected chi connectivity index (χ4v) is 1.76. The molecule has 2 atom stereocenters. The van der Waals surface area contributed by atoms with Gasteiger partial charge in [-0.15, -0.1) is 0 Å². The molecule has 0 saturated heterocycles. The molecule has 0 aliphatic rings. The van der Waals surface area contributed by atoms with E-state index < -0.39 is 28.0 Å². The molecule has 1 N–H and O–H groups in total. The van der Waals surface area contributed by atoms with Crippen LogP contribution in [0.3, 0.4) is 0 Å². The summed E-state index contributed by atoms with van der Waals surface area (Å²) in [5, 5.41) is 31.5. The van der Waals surface area contributed by atoms with Crippen LogP contribution < -0.4 is 0 Å². The number of non-ortho nitro benzene ring substituents is 1. The molecule has 0 aliphatic heterocycles. The van der Waals surface area contributed by atoms with Gasteiger partial charge in [0.1, 0.15) is 6.10 Å². The van der Waals surface area contributed by atoms with E-state index in [9.17, 15) is 30.1 Å². The number of nitrogens with zero attached hydrogens (tertiary/aromatic N) is 2. The predicted octanol–water partition coefficient (Wildman–Crippen LogP) is 1.23. The summed E-state index contributed by atoms with van der Waals surface area (Å²) in [4.78, 5) is 31.2. The van der Waals surface area contributed by atoms with Crippen LogP contribution in [0.4, 0.5) is 5.69 Å². The summed E-state index contributed by atoms with van der Waals surface area (Å²) in [6.07, 6.45) is -1.87. The second-order valence-corrected chi connectivity index (χ2v) is 4.26. The van der Waals surface area contributed by atoms with Gasteiger partial charge >= 0.3 is 5.97 Å². The van der Waals surface area contributed by atoms with E-state index in [1.807, 2.05) is 0 Å². The molecular formula is C12H14N2O7. The highest BCUT2D eigenvalue weighted by Gasteiger charge is 2.32. The van der Waals surface area contributed by atoms with Crippen LogP contribution in [0, 0.1) is 20.2 Å². The van der Waals surface area contributed by atoms with Crippen LogP contribution in [0.1, 0.15) is 24.5 Å². The summed E-state index contributed by atoms with van der Waals surface area (Å²) < 4.78 is 4.39. The van der Waals surface area contributed by atoms with Crippen LogP contribution in [0.2, 0.25) is 0 Å². The summed E-state index contributed by atoms with van der Waals surface area (Å²) in [6, 6.07) is 3.39. The van der Waals surface area contributed by atoms with E-state index in [0.29, 0.717) is 0 Å². The molecule has 21 heavy (non-hydrogen) atoms. The van der Waals surface area contributed by atoms with Gasteiger partial charge in [-0.3, -0.25) is 25.0 Å². The van der Waals surface area contributed by atoms with Crippen LogP contribution in [-0.2, 0) is 9.53 Å². The van der Waals surface area contributed by atoms with E-state index in [-0.39, 0.29) is 24.1 Å². The number of aliphatic hydroxyl groups is 1. The summed E-state index contributed by atoms with van der Waals surface area (Å²) in [6.45, 7) is 0. The molecule has 0 heterocycles. The SMILES string of the molecule is COC(=O)CC[C@@H]([C@H](O)c1ccc([N+](=O)[O-])cc1)[N+](=O)[O-]. The third-order valence-corrected chi connectivity index (χ3v) is 2.95. The molecule has 1 aromatic rings. The summed E-state index contributed by atoms with van der Waals surface area (Å²) in [5.74, 6) is -0.613. The van der Waals surface area contributed by atoms with Crippen LogP contribution >= 0.6 is 0 Å². The average molecular weight is 298 g/mol. The Bertz CT molecular complexity index is 529. The number of nitro benzene ring substituents is 1. The zero-order valence-corrected chi connectivity index (χ0v) is 11.2. The Morgan fingerprint density at radius 1 is 1.29 bits per heavy atom. The lowest BCUT2D eigenvalue weighted by molar-refractivity contribution is -0.536. The Kier molecular flexibility index (Phi) is 5.73. The minimum Gasteiger partial charge on any atom is -0.469 e. The monoisotopic (exact) mass is 298 g/mol. The van der Waals surface area contributed by atoms with Gasteiger partial charge in [-0.1, -0.05) is 0 Å². The largest absolute Gasteiger partial charge is 0.469 e. The van der Waals surface area contributed by atoms with Gasteiger partial charge in [0.05, 0.1) is 18.5 Å². The molecule has 0 aromatic heterocycles. The number of hydrogen-bond acceptors (Lipinski definition) is 7. The van der Waals surface area contributed by atoms with Crippen LogP contribution in [0.5, 0.6) is 0 Å². The van der Waals surface area contributed by atoms with Crippen molar-refractivity contribution in [1.29, 1.82) is 0 Å². The van der Waals surface area contributed by atoms with Gasteiger partial charge in [-0.2, -0.15) is 0 Å². The normalized spacial score (nSPS) is 13.2. The smallest absolute Gasteiger partial charge is 0.305 e. The zero-order chi connectivity index (χ0) is 16.0. The van der Waals surface area contributed by atoms with Crippen molar-refractivity contribution in [3.8, 4) is 0 Å². The van der Waals surface area contributed by atoms with E-state index in [1.54, 1.807) is 0 Å². The molecule has 0 amide bonds. The second-order valence-electron chi connectivity index (χ2n) is 4.26. The van der Waals surface area contributed by atoms with Crippen molar-refractivity contribution in [1.82, 2.24) is 0 Å². The molecule has 0 radical (unpaired) electrons. The molecule has 9 nitrogen and oxygen atoms in total. The summed E-state index contributed by atoms with van der Waals surface area (Å²) >= 11 is 0. The Labute approximate surface area is 119 Å². The first-order chi connectivity index (χ1) is 9.86. The molecule has 9 heteroatoms. The fourth-order valence-electron chi connectivity index (χ4n) is 1.76. The third-order valence-electron chi connectivity index (χ3n) is 2.95.